The minimum absolute atomic E-state index is 0.0590. The van der Waals surface area contributed by atoms with Crippen molar-refractivity contribution in [2.75, 3.05) is 53.0 Å². The summed E-state index contributed by atoms with van der Waals surface area (Å²) in [5, 5.41) is 13.6. The molecule has 1 aromatic rings. The van der Waals surface area contributed by atoms with Crippen LogP contribution in [0.25, 0.3) is 0 Å². The fourth-order valence-electron chi connectivity index (χ4n) is 4.04. The highest BCUT2D eigenvalue weighted by Gasteiger charge is 2.28. The Balaban J connectivity index is 1.57. The van der Waals surface area contributed by atoms with Gasteiger partial charge in [-0.1, -0.05) is 0 Å². The number of nitrogens with zero attached hydrogens (tertiary/aromatic N) is 2. The van der Waals surface area contributed by atoms with Gasteiger partial charge in [-0.25, -0.2) is 0 Å². The number of H-pyrrole nitrogens is 1. The Bertz CT molecular complexity index is 541. The van der Waals surface area contributed by atoms with Crippen LogP contribution in [0.2, 0.25) is 0 Å². The summed E-state index contributed by atoms with van der Waals surface area (Å²) in [4.78, 5) is 15.0. The molecular formula is C18H31N5O2. The standard InChI is InChI=1S/C18H31N5O2/c1-25-10-8-20-18(24)16-11-21-22-17(16)15-3-2-9-23(13-15)12-14-4-6-19-7-5-14/h11,14-15,19H,2-10,12-13H2,1H3,(H,20,24)(H,21,22). The summed E-state index contributed by atoms with van der Waals surface area (Å²) in [6.45, 7) is 6.71. The predicted octanol–water partition coefficient (Wildman–Crippen LogP) is 0.965. The van der Waals surface area contributed by atoms with Crippen molar-refractivity contribution in [3.8, 4) is 0 Å². The summed E-state index contributed by atoms with van der Waals surface area (Å²) < 4.78 is 4.99. The van der Waals surface area contributed by atoms with Crippen molar-refractivity contribution in [1.29, 1.82) is 0 Å². The number of nitrogens with one attached hydrogen (secondary N) is 3. The van der Waals surface area contributed by atoms with Crippen molar-refractivity contribution in [2.24, 2.45) is 5.92 Å². The molecule has 1 aromatic heterocycles. The number of ether oxygens (including phenoxy) is 1. The Kier molecular flexibility index (Phi) is 6.84. The molecule has 0 radical (unpaired) electrons. The summed E-state index contributed by atoms with van der Waals surface area (Å²) in [5.74, 6) is 1.11. The Labute approximate surface area is 149 Å². The van der Waals surface area contributed by atoms with Crippen LogP contribution in [0.5, 0.6) is 0 Å². The van der Waals surface area contributed by atoms with Gasteiger partial charge in [-0.3, -0.25) is 9.89 Å². The molecule has 2 saturated heterocycles. The van der Waals surface area contributed by atoms with Crippen molar-refractivity contribution in [3.63, 3.8) is 0 Å². The number of hydrogen-bond donors (Lipinski definition) is 3. The normalized spacial score (nSPS) is 22.8. The lowest BCUT2D eigenvalue weighted by Gasteiger charge is -2.36. The number of likely N-dealkylation sites (tertiary alicyclic amines) is 1. The van der Waals surface area contributed by atoms with E-state index in [4.69, 9.17) is 4.74 Å². The summed E-state index contributed by atoms with van der Waals surface area (Å²) in [6.07, 6.45) is 6.50. The molecule has 2 fully saturated rings. The third-order valence-corrected chi connectivity index (χ3v) is 5.39. The van der Waals surface area contributed by atoms with E-state index in [1.165, 1.54) is 32.4 Å². The highest BCUT2D eigenvalue weighted by molar-refractivity contribution is 5.95. The van der Waals surface area contributed by atoms with Gasteiger partial charge < -0.3 is 20.3 Å². The fraction of sp³-hybridized carbons (Fsp3) is 0.778. The first-order valence-electron chi connectivity index (χ1n) is 9.51. The molecule has 25 heavy (non-hydrogen) atoms. The minimum Gasteiger partial charge on any atom is -0.383 e. The summed E-state index contributed by atoms with van der Waals surface area (Å²) in [7, 11) is 1.63. The number of aromatic nitrogens is 2. The molecule has 7 heteroatoms. The summed E-state index contributed by atoms with van der Waals surface area (Å²) >= 11 is 0. The Morgan fingerprint density at radius 1 is 1.40 bits per heavy atom. The zero-order chi connectivity index (χ0) is 17.5. The van der Waals surface area contributed by atoms with E-state index in [0.29, 0.717) is 24.6 Å². The van der Waals surface area contributed by atoms with E-state index in [9.17, 15) is 4.79 Å². The number of amides is 1. The first-order valence-corrected chi connectivity index (χ1v) is 9.51. The van der Waals surface area contributed by atoms with Crippen molar-refractivity contribution in [2.45, 2.75) is 31.6 Å². The Hall–Kier alpha value is -1.44. The first kappa shape index (κ1) is 18.4. The van der Waals surface area contributed by atoms with Gasteiger partial charge in [-0.15, -0.1) is 0 Å². The van der Waals surface area contributed by atoms with Crippen LogP contribution in [0.1, 0.15) is 47.7 Å². The predicted molar refractivity (Wildman–Crippen MR) is 96.8 cm³/mol. The summed E-state index contributed by atoms with van der Waals surface area (Å²) in [6, 6.07) is 0. The number of hydrogen-bond acceptors (Lipinski definition) is 5. The van der Waals surface area contributed by atoms with Crippen LogP contribution in [0.4, 0.5) is 0 Å². The number of carbonyl (C=O) groups excluding carboxylic acids is 1. The van der Waals surface area contributed by atoms with Crippen LogP contribution in [0, 0.1) is 5.92 Å². The molecule has 2 aliphatic heterocycles. The smallest absolute Gasteiger partial charge is 0.254 e. The molecule has 1 amide bonds. The fourth-order valence-corrected chi connectivity index (χ4v) is 4.04. The van der Waals surface area contributed by atoms with Crippen LogP contribution in [0.3, 0.4) is 0 Å². The van der Waals surface area contributed by atoms with E-state index in [2.05, 4.69) is 25.7 Å². The van der Waals surface area contributed by atoms with E-state index < -0.39 is 0 Å². The average molecular weight is 349 g/mol. The lowest BCUT2D eigenvalue weighted by molar-refractivity contribution is 0.0934. The Morgan fingerprint density at radius 3 is 3.04 bits per heavy atom. The topological polar surface area (TPSA) is 82.3 Å². The molecule has 0 spiro atoms. The third-order valence-electron chi connectivity index (χ3n) is 5.39. The van der Waals surface area contributed by atoms with E-state index in [1.54, 1.807) is 13.3 Å². The van der Waals surface area contributed by atoms with Gasteiger partial charge in [0.15, 0.2) is 0 Å². The molecule has 1 unspecified atom stereocenters. The summed E-state index contributed by atoms with van der Waals surface area (Å²) in [5.41, 5.74) is 1.68. The van der Waals surface area contributed by atoms with Crippen molar-refractivity contribution < 1.29 is 9.53 Å². The lowest BCUT2D eigenvalue weighted by atomic mass is 9.90. The molecule has 0 bridgehead atoms. The molecule has 7 nitrogen and oxygen atoms in total. The van der Waals surface area contributed by atoms with Crippen LogP contribution in [0.15, 0.2) is 6.20 Å². The van der Waals surface area contributed by atoms with Crippen molar-refractivity contribution in [3.05, 3.63) is 17.5 Å². The van der Waals surface area contributed by atoms with Gasteiger partial charge in [0.25, 0.3) is 5.91 Å². The number of piperidine rings is 2. The van der Waals surface area contributed by atoms with Crippen LogP contribution < -0.4 is 10.6 Å². The highest BCUT2D eigenvalue weighted by Crippen LogP contribution is 2.29. The van der Waals surface area contributed by atoms with Gasteiger partial charge in [0, 0.05) is 32.7 Å². The highest BCUT2D eigenvalue weighted by atomic mass is 16.5. The average Bonchev–Trinajstić information content (AvgIpc) is 3.13. The zero-order valence-corrected chi connectivity index (χ0v) is 15.2. The van der Waals surface area contributed by atoms with E-state index in [1.807, 2.05) is 0 Å². The zero-order valence-electron chi connectivity index (χ0n) is 15.2. The number of aromatic amines is 1. The van der Waals surface area contributed by atoms with Crippen LogP contribution in [-0.2, 0) is 4.74 Å². The van der Waals surface area contributed by atoms with Gasteiger partial charge in [0.05, 0.1) is 24.1 Å². The molecule has 0 aromatic carbocycles. The van der Waals surface area contributed by atoms with Gasteiger partial charge in [0.2, 0.25) is 0 Å². The molecule has 3 heterocycles. The Morgan fingerprint density at radius 2 is 2.24 bits per heavy atom. The molecule has 0 aliphatic carbocycles. The molecular weight excluding hydrogens is 318 g/mol. The van der Waals surface area contributed by atoms with E-state index >= 15 is 0 Å². The van der Waals surface area contributed by atoms with Crippen LogP contribution in [-0.4, -0.2) is 74.0 Å². The van der Waals surface area contributed by atoms with Gasteiger partial charge in [-0.05, 0) is 51.2 Å². The van der Waals surface area contributed by atoms with Crippen molar-refractivity contribution >= 4 is 5.91 Å². The number of carbonyl (C=O) groups is 1. The van der Waals surface area contributed by atoms with Gasteiger partial charge in [-0.2, -0.15) is 5.10 Å². The van der Waals surface area contributed by atoms with Gasteiger partial charge in [0.1, 0.15) is 0 Å². The second kappa shape index (κ2) is 9.31. The second-order valence-electron chi connectivity index (χ2n) is 7.24. The monoisotopic (exact) mass is 349 g/mol. The molecule has 3 rings (SSSR count). The minimum atomic E-state index is -0.0590. The van der Waals surface area contributed by atoms with E-state index in [-0.39, 0.29) is 5.91 Å². The first-order chi connectivity index (χ1) is 12.3. The molecule has 140 valence electrons. The van der Waals surface area contributed by atoms with Crippen molar-refractivity contribution in [1.82, 2.24) is 25.7 Å². The second-order valence-corrected chi connectivity index (χ2v) is 7.24. The molecule has 3 N–H and O–H groups in total. The maximum atomic E-state index is 12.4. The molecule has 2 aliphatic rings. The SMILES string of the molecule is COCCNC(=O)c1cn[nH]c1C1CCCN(CC2CCNCC2)C1. The number of rotatable bonds is 7. The quantitative estimate of drug-likeness (QED) is 0.639. The van der Waals surface area contributed by atoms with Crippen LogP contribution >= 0.6 is 0 Å². The van der Waals surface area contributed by atoms with Gasteiger partial charge >= 0.3 is 0 Å². The third kappa shape index (κ3) is 5.03. The maximum absolute atomic E-state index is 12.4. The molecule has 1 atom stereocenters. The lowest BCUT2D eigenvalue weighted by Crippen LogP contribution is -2.41. The maximum Gasteiger partial charge on any atom is 0.254 e. The van der Waals surface area contributed by atoms with E-state index in [0.717, 1.165) is 37.7 Å². The largest absolute Gasteiger partial charge is 0.383 e. The molecule has 0 saturated carbocycles. The number of methoxy groups -OCH3 is 1.